The van der Waals surface area contributed by atoms with Crippen molar-refractivity contribution in [2.75, 3.05) is 0 Å². The van der Waals surface area contributed by atoms with Gasteiger partial charge in [0, 0.05) is 5.92 Å². The molecule has 0 saturated carbocycles. The van der Waals surface area contributed by atoms with Crippen LogP contribution in [0.25, 0.3) is 0 Å². The van der Waals surface area contributed by atoms with E-state index < -0.39 is 10.3 Å². The number of allylic oxidation sites excluding steroid dienone is 4. The topological polar surface area (TPSA) is 34.1 Å². The quantitative estimate of drug-likeness (QED) is 0.512. The van der Waals surface area contributed by atoms with Crippen LogP contribution in [0.1, 0.15) is 13.8 Å². The molecule has 1 unspecified atom stereocenters. The van der Waals surface area contributed by atoms with Gasteiger partial charge in [-0.3, -0.25) is 0 Å². The molecule has 0 spiro atoms. The van der Waals surface area contributed by atoms with Crippen LogP contribution in [0.4, 0.5) is 0 Å². The minimum Gasteiger partial charge on any atom is -0.184 e. The van der Waals surface area contributed by atoms with Crippen LogP contribution in [0.5, 0.6) is 0 Å². The molecule has 1 aliphatic rings. The lowest BCUT2D eigenvalue weighted by atomic mass is 9.95. The van der Waals surface area contributed by atoms with Crippen LogP contribution in [0.15, 0.2) is 23.8 Å². The van der Waals surface area contributed by atoms with E-state index in [1.54, 1.807) is 12.2 Å². The number of rotatable bonds is 0. The molecule has 0 bridgehead atoms. The summed E-state index contributed by atoms with van der Waals surface area (Å²) in [6, 6.07) is 0. The smallest absolute Gasteiger partial charge is 0.184 e. The van der Waals surface area contributed by atoms with E-state index in [4.69, 9.17) is 0 Å². The Balaban J connectivity index is 3.20. The Kier molecular flexibility index (Phi) is 2.29. The summed E-state index contributed by atoms with van der Waals surface area (Å²) in [4.78, 5) is 0.477. The van der Waals surface area contributed by atoms with Crippen molar-refractivity contribution in [1.82, 2.24) is 0 Å². The van der Waals surface area contributed by atoms with Gasteiger partial charge in [-0.2, -0.15) is 8.42 Å². The SMILES string of the molecule is CC1=CC=CC(=S(=O)=O)C1C. The molecule has 0 N–H and O–H groups in total. The highest BCUT2D eigenvalue weighted by molar-refractivity contribution is 7.73. The second-order valence-corrected chi connectivity index (χ2v) is 3.57. The fourth-order valence-electron chi connectivity index (χ4n) is 1.01. The third-order valence-corrected chi connectivity index (χ3v) is 2.80. The maximum absolute atomic E-state index is 10.6. The molecule has 1 aliphatic carbocycles. The van der Waals surface area contributed by atoms with Gasteiger partial charge >= 0.3 is 0 Å². The minimum atomic E-state index is -2.06. The zero-order valence-corrected chi connectivity index (χ0v) is 7.35. The van der Waals surface area contributed by atoms with Crippen molar-refractivity contribution in [1.29, 1.82) is 0 Å². The summed E-state index contributed by atoms with van der Waals surface area (Å²) in [6.45, 7) is 3.82. The summed E-state index contributed by atoms with van der Waals surface area (Å²) in [5.74, 6) is 0.0401. The van der Waals surface area contributed by atoms with Crippen LogP contribution in [-0.4, -0.2) is 13.3 Å². The van der Waals surface area contributed by atoms with E-state index in [0.717, 1.165) is 5.57 Å². The minimum absolute atomic E-state index is 0.0401. The molecule has 0 heterocycles. The van der Waals surface area contributed by atoms with Gasteiger partial charge in [-0.15, -0.1) is 0 Å². The lowest BCUT2D eigenvalue weighted by molar-refractivity contribution is 0.626. The van der Waals surface area contributed by atoms with Crippen molar-refractivity contribution in [2.24, 2.45) is 5.92 Å². The highest BCUT2D eigenvalue weighted by atomic mass is 32.2. The summed E-state index contributed by atoms with van der Waals surface area (Å²) in [5, 5.41) is 0. The van der Waals surface area contributed by atoms with E-state index in [2.05, 4.69) is 0 Å². The summed E-state index contributed by atoms with van der Waals surface area (Å²) in [6.07, 6.45) is 5.34. The van der Waals surface area contributed by atoms with Gasteiger partial charge in [-0.25, -0.2) is 0 Å². The zero-order chi connectivity index (χ0) is 8.43. The predicted molar refractivity (Wildman–Crippen MR) is 46.0 cm³/mol. The third-order valence-electron chi connectivity index (χ3n) is 1.92. The third kappa shape index (κ3) is 1.60. The lowest BCUT2D eigenvalue weighted by Crippen LogP contribution is -2.13. The molecule has 0 radical (unpaired) electrons. The molecular formula is C8H10O2S. The fourth-order valence-corrected chi connectivity index (χ4v) is 1.67. The molecule has 0 aliphatic heterocycles. The molecular weight excluding hydrogens is 160 g/mol. The second kappa shape index (κ2) is 3.05. The Hall–Kier alpha value is -0.830. The Labute approximate surface area is 67.8 Å². The number of hydrogen-bond donors (Lipinski definition) is 0. The predicted octanol–water partition coefficient (Wildman–Crippen LogP) is 1.19. The first kappa shape index (κ1) is 8.27. The van der Waals surface area contributed by atoms with E-state index in [0.29, 0.717) is 4.86 Å². The summed E-state index contributed by atoms with van der Waals surface area (Å²) < 4.78 is 21.2. The average Bonchev–Trinajstić information content (AvgIpc) is 1.94. The summed E-state index contributed by atoms with van der Waals surface area (Å²) in [5.41, 5.74) is 1.09. The maximum atomic E-state index is 10.6. The Bertz CT molecular complexity index is 336. The van der Waals surface area contributed by atoms with Crippen molar-refractivity contribution >= 4 is 15.2 Å². The van der Waals surface area contributed by atoms with Crippen molar-refractivity contribution < 1.29 is 8.42 Å². The van der Waals surface area contributed by atoms with Crippen molar-refractivity contribution in [3.8, 4) is 0 Å². The molecule has 60 valence electrons. The normalized spacial score (nSPS) is 23.3. The molecule has 0 aromatic heterocycles. The largest absolute Gasteiger partial charge is 0.217 e. The molecule has 1 rings (SSSR count). The van der Waals surface area contributed by atoms with Crippen molar-refractivity contribution in [3.05, 3.63) is 23.8 Å². The van der Waals surface area contributed by atoms with Gasteiger partial charge in [0.05, 0.1) is 4.86 Å². The van der Waals surface area contributed by atoms with Crippen LogP contribution in [-0.2, 0) is 10.3 Å². The fraction of sp³-hybridized carbons (Fsp3) is 0.375. The standard InChI is InChI=1S/C8H10O2S/c1-6-4-3-5-8(7(6)2)11(9)10/h3-5,7H,1-2H3. The van der Waals surface area contributed by atoms with E-state index >= 15 is 0 Å². The highest BCUT2D eigenvalue weighted by Crippen LogP contribution is 2.15. The first-order chi connectivity index (χ1) is 5.13. The van der Waals surface area contributed by atoms with Gasteiger partial charge < -0.3 is 0 Å². The summed E-state index contributed by atoms with van der Waals surface area (Å²) >= 11 is 0. The van der Waals surface area contributed by atoms with Gasteiger partial charge in [-0.1, -0.05) is 24.6 Å². The zero-order valence-electron chi connectivity index (χ0n) is 6.53. The van der Waals surface area contributed by atoms with Gasteiger partial charge in [0.2, 0.25) is 10.3 Å². The van der Waals surface area contributed by atoms with Crippen LogP contribution in [0, 0.1) is 5.92 Å². The highest BCUT2D eigenvalue weighted by Gasteiger charge is 2.13. The average molecular weight is 170 g/mol. The lowest BCUT2D eigenvalue weighted by Gasteiger charge is -2.12. The van der Waals surface area contributed by atoms with E-state index in [1.807, 2.05) is 19.9 Å². The van der Waals surface area contributed by atoms with Crippen molar-refractivity contribution in [2.45, 2.75) is 13.8 Å². The van der Waals surface area contributed by atoms with Gasteiger partial charge in [0.25, 0.3) is 0 Å². The maximum Gasteiger partial charge on any atom is 0.217 e. The first-order valence-electron chi connectivity index (χ1n) is 3.44. The van der Waals surface area contributed by atoms with Crippen LogP contribution >= 0.6 is 0 Å². The first-order valence-corrected chi connectivity index (χ1v) is 4.51. The second-order valence-electron chi connectivity index (χ2n) is 2.63. The van der Waals surface area contributed by atoms with Crippen molar-refractivity contribution in [3.63, 3.8) is 0 Å². The van der Waals surface area contributed by atoms with Gasteiger partial charge in [0.15, 0.2) is 0 Å². The van der Waals surface area contributed by atoms with E-state index in [1.165, 1.54) is 0 Å². The monoisotopic (exact) mass is 170 g/mol. The van der Waals surface area contributed by atoms with Crippen LogP contribution in [0.2, 0.25) is 0 Å². The van der Waals surface area contributed by atoms with Gasteiger partial charge in [0.1, 0.15) is 0 Å². The molecule has 0 aromatic rings. The van der Waals surface area contributed by atoms with Gasteiger partial charge in [-0.05, 0) is 13.0 Å². The molecule has 3 heteroatoms. The Morgan fingerprint density at radius 1 is 1.45 bits per heavy atom. The van der Waals surface area contributed by atoms with Crippen LogP contribution < -0.4 is 0 Å². The molecule has 0 saturated heterocycles. The molecule has 0 aromatic carbocycles. The molecule has 2 nitrogen and oxygen atoms in total. The number of hydrogen-bond acceptors (Lipinski definition) is 2. The van der Waals surface area contributed by atoms with E-state index in [-0.39, 0.29) is 5.92 Å². The molecule has 1 atom stereocenters. The Morgan fingerprint density at radius 3 is 2.55 bits per heavy atom. The van der Waals surface area contributed by atoms with Crippen LogP contribution in [0.3, 0.4) is 0 Å². The molecule has 11 heavy (non-hydrogen) atoms. The summed E-state index contributed by atoms with van der Waals surface area (Å²) in [7, 11) is -2.06. The Morgan fingerprint density at radius 2 is 2.09 bits per heavy atom. The van der Waals surface area contributed by atoms with E-state index in [9.17, 15) is 8.42 Å². The molecule has 0 amide bonds. The molecule has 0 fully saturated rings.